The molecule has 3 aliphatic rings. The van der Waals surface area contributed by atoms with Gasteiger partial charge in [-0.05, 0) is 111 Å². The van der Waals surface area contributed by atoms with Crippen LogP contribution in [0.25, 0.3) is 11.1 Å². The van der Waals surface area contributed by atoms with E-state index in [1.807, 2.05) is 103 Å². The number of carbonyl (C=O) groups excluding carboxylic acids is 1. The number of nitrogens with zero attached hydrogens (tertiary/aromatic N) is 3. The number of benzene rings is 5. The number of rotatable bonds is 23. The van der Waals surface area contributed by atoms with Crippen molar-refractivity contribution in [2.45, 2.75) is 101 Å². The quantitative estimate of drug-likeness (QED) is 0.0351. The summed E-state index contributed by atoms with van der Waals surface area (Å²) in [6.45, 7) is 9.95. The smallest absolute Gasteiger partial charge is 0.407 e. The Balaban J connectivity index is 1.13. The zero-order valence-corrected chi connectivity index (χ0v) is 44.9. The van der Waals surface area contributed by atoms with E-state index in [0.717, 1.165) is 38.9 Å². The van der Waals surface area contributed by atoms with E-state index >= 15 is 0 Å². The number of ether oxygens (including phenoxy) is 6. The van der Waals surface area contributed by atoms with Crippen molar-refractivity contribution in [2.75, 3.05) is 47.2 Å². The Bertz CT molecular complexity index is 3030. The van der Waals surface area contributed by atoms with E-state index < -0.39 is 55.0 Å². The number of aromatic amines is 1. The predicted molar refractivity (Wildman–Crippen MR) is 288 cm³/mol. The molecule has 0 spiro atoms. The Labute approximate surface area is 444 Å². The molecule has 6 aromatic rings. The van der Waals surface area contributed by atoms with Gasteiger partial charge in [0.05, 0.1) is 46.5 Å². The Morgan fingerprint density at radius 3 is 2.01 bits per heavy atom. The Morgan fingerprint density at radius 2 is 1.43 bits per heavy atom. The van der Waals surface area contributed by atoms with Crippen molar-refractivity contribution in [3.8, 4) is 28.7 Å². The van der Waals surface area contributed by atoms with Gasteiger partial charge < -0.3 is 42.8 Å². The van der Waals surface area contributed by atoms with Crippen LogP contribution in [-0.2, 0) is 33.6 Å². The third-order valence-corrected chi connectivity index (χ3v) is 16.9. The lowest BCUT2D eigenvalue weighted by Gasteiger charge is -2.46. The maximum Gasteiger partial charge on any atom is 0.407 e. The molecule has 0 radical (unpaired) electrons. The molecule has 1 aromatic heterocycles. The highest BCUT2D eigenvalue weighted by molar-refractivity contribution is 7.44. The van der Waals surface area contributed by atoms with E-state index in [2.05, 4.69) is 73.0 Å². The van der Waals surface area contributed by atoms with Crippen LogP contribution >= 0.6 is 8.53 Å². The second-order valence-electron chi connectivity index (χ2n) is 19.9. The van der Waals surface area contributed by atoms with Crippen molar-refractivity contribution in [3.05, 3.63) is 188 Å². The van der Waals surface area contributed by atoms with E-state index in [0.29, 0.717) is 17.9 Å². The highest BCUT2D eigenvalue weighted by atomic mass is 31.2. The number of carbonyl (C=O) groups is 1. The summed E-state index contributed by atoms with van der Waals surface area (Å²) in [5, 5.41) is 12.7. The van der Waals surface area contributed by atoms with Gasteiger partial charge in [0.2, 0.25) is 0 Å². The SMILES string of the molecule is COc1ccc(C(OCC23COC(C(n4cc(C)c(=O)[nH]c4=O)O2)C3(CCCNC(=O)OCC2c3ccccc3-c3ccccc32)OP(OCCC#N)N(C(C)C)C(C)C)(c2ccccc2)c2ccc(OC)cc2)cc1. The van der Waals surface area contributed by atoms with Crippen LogP contribution in [0, 0.1) is 18.3 Å². The summed E-state index contributed by atoms with van der Waals surface area (Å²) in [6.07, 6.45) is -0.661. The van der Waals surface area contributed by atoms with Gasteiger partial charge in [-0.15, -0.1) is 0 Å². The average Bonchev–Trinajstić information content (AvgIpc) is 4.09. The molecule has 5 unspecified atom stereocenters. The van der Waals surface area contributed by atoms with Crippen LogP contribution in [-0.4, -0.2) is 96.9 Å². The second-order valence-corrected chi connectivity index (χ2v) is 21.3. The molecular formula is C59H66N5O11P. The predicted octanol–water partition coefficient (Wildman–Crippen LogP) is 9.89. The summed E-state index contributed by atoms with van der Waals surface area (Å²) in [4.78, 5) is 43.1. The molecule has 9 rings (SSSR count). The van der Waals surface area contributed by atoms with Gasteiger partial charge in [-0.2, -0.15) is 5.26 Å². The Hall–Kier alpha value is -6.67. The Morgan fingerprint density at radius 1 is 0.855 bits per heavy atom. The number of hydrogen-bond donors (Lipinski definition) is 2. The minimum atomic E-state index is -2.01. The van der Waals surface area contributed by atoms with Crippen LogP contribution in [0.1, 0.15) is 92.5 Å². The molecule has 16 nitrogen and oxygen atoms in total. The van der Waals surface area contributed by atoms with Gasteiger partial charge in [0.25, 0.3) is 14.1 Å². The topological polar surface area (TPSA) is 185 Å². The lowest BCUT2D eigenvalue weighted by atomic mass is 9.78. The first-order valence-corrected chi connectivity index (χ1v) is 26.9. The molecule has 2 saturated heterocycles. The fourth-order valence-corrected chi connectivity index (χ4v) is 13.0. The molecule has 1 amide bonds. The molecule has 2 aliphatic heterocycles. The molecule has 17 heteroatoms. The molecule has 2 bridgehead atoms. The number of aryl methyl sites for hydroxylation is 1. The number of alkyl carbamates (subject to hydrolysis) is 1. The van der Waals surface area contributed by atoms with Crippen LogP contribution in [0.5, 0.6) is 11.5 Å². The molecular weight excluding hydrogens is 986 g/mol. The highest BCUT2D eigenvalue weighted by Crippen LogP contribution is 2.63. The van der Waals surface area contributed by atoms with Crippen molar-refractivity contribution in [1.82, 2.24) is 19.5 Å². The fourth-order valence-electron chi connectivity index (χ4n) is 11.1. The second kappa shape index (κ2) is 23.3. The largest absolute Gasteiger partial charge is 0.497 e. The van der Waals surface area contributed by atoms with Crippen LogP contribution in [0.3, 0.4) is 0 Å². The molecule has 2 N–H and O–H groups in total. The summed E-state index contributed by atoms with van der Waals surface area (Å²) in [5.41, 5.74) is 1.51. The molecule has 76 heavy (non-hydrogen) atoms. The third-order valence-electron chi connectivity index (χ3n) is 14.7. The number of hydrogen-bond acceptors (Lipinski definition) is 13. The van der Waals surface area contributed by atoms with Gasteiger partial charge in [-0.3, -0.25) is 14.3 Å². The molecule has 1 aliphatic carbocycles. The van der Waals surface area contributed by atoms with E-state index in [-0.39, 0.29) is 69.4 Å². The molecule has 0 saturated carbocycles. The first kappa shape index (κ1) is 54.1. The molecule has 2 fully saturated rings. The number of amides is 1. The summed E-state index contributed by atoms with van der Waals surface area (Å²) < 4.78 is 57.0. The maximum atomic E-state index is 14.0. The van der Waals surface area contributed by atoms with Crippen molar-refractivity contribution in [3.63, 3.8) is 0 Å². The number of H-pyrrole nitrogens is 1. The van der Waals surface area contributed by atoms with Crippen molar-refractivity contribution in [1.29, 1.82) is 5.26 Å². The fraction of sp³-hybridized carbons (Fsp3) is 0.390. The van der Waals surface area contributed by atoms with E-state index in [1.165, 1.54) is 10.8 Å². The number of methoxy groups -OCH3 is 2. The summed E-state index contributed by atoms with van der Waals surface area (Å²) >= 11 is 0. The Kier molecular flexibility index (Phi) is 16.6. The maximum absolute atomic E-state index is 14.0. The van der Waals surface area contributed by atoms with Crippen LogP contribution in [0.2, 0.25) is 0 Å². The van der Waals surface area contributed by atoms with E-state index in [4.69, 9.17) is 37.5 Å². The van der Waals surface area contributed by atoms with Crippen molar-refractivity contribution >= 4 is 14.6 Å². The molecule has 3 heterocycles. The summed E-state index contributed by atoms with van der Waals surface area (Å²) in [6, 6.07) is 43.6. The van der Waals surface area contributed by atoms with Gasteiger partial charge in [-0.25, -0.2) is 14.3 Å². The minimum Gasteiger partial charge on any atom is -0.497 e. The van der Waals surface area contributed by atoms with Crippen molar-refractivity contribution < 1.29 is 42.3 Å². The van der Waals surface area contributed by atoms with Gasteiger partial charge in [-0.1, -0.05) is 103 Å². The zero-order valence-electron chi connectivity index (χ0n) is 44.0. The number of fused-ring (bicyclic) bond motifs is 5. The number of aromatic nitrogens is 2. The van der Waals surface area contributed by atoms with Gasteiger partial charge in [0.15, 0.2) is 6.23 Å². The molecule has 398 valence electrons. The highest BCUT2D eigenvalue weighted by Gasteiger charge is 2.74. The van der Waals surface area contributed by atoms with Crippen LogP contribution < -0.4 is 26.0 Å². The zero-order chi connectivity index (χ0) is 53.6. The van der Waals surface area contributed by atoms with Crippen molar-refractivity contribution in [2.24, 2.45) is 0 Å². The summed E-state index contributed by atoms with van der Waals surface area (Å²) in [5.74, 6) is 1.18. The van der Waals surface area contributed by atoms with E-state index in [1.54, 1.807) is 21.1 Å². The van der Waals surface area contributed by atoms with Crippen LogP contribution in [0.15, 0.2) is 143 Å². The first-order valence-electron chi connectivity index (χ1n) is 25.8. The third kappa shape index (κ3) is 10.3. The minimum absolute atomic E-state index is 0.0497. The number of nitrogens with one attached hydrogen (secondary N) is 2. The summed E-state index contributed by atoms with van der Waals surface area (Å²) in [7, 11) is 1.22. The van der Waals surface area contributed by atoms with Gasteiger partial charge in [0.1, 0.15) is 41.0 Å². The van der Waals surface area contributed by atoms with Gasteiger partial charge in [0, 0.05) is 36.3 Å². The normalized spacial score (nSPS) is 20.1. The molecule has 5 atom stereocenters. The van der Waals surface area contributed by atoms with E-state index in [9.17, 15) is 19.6 Å². The molecule has 5 aromatic carbocycles. The average molecular weight is 1050 g/mol. The lowest BCUT2D eigenvalue weighted by Crippen LogP contribution is -2.58. The first-order chi connectivity index (χ1) is 36.8. The monoisotopic (exact) mass is 1050 g/mol. The van der Waals surface area contributed by atoms with Crippen LogP contribution in [0.4, 0.5) is 4.79 Å². The van der Waals surface area contributed by atoms with Gasteiger partial charge >= 0.3 is 11.8 Å². The standard InChI is InChI=1S/C59H66N5O11P/c1-39(2)64(40(3)4)76(73-34-16-32-60)75-58(31-15-33-61-56(67)70-36-51-49-21-13-11-19-47(49)48-20-12-14-22-50(48)51)52-54(63-35-41(5)53(65)62-55(63)66)74-57(58,37-71-52)38-72-59(42-17-9-8-10-18-42,43-23-27-45(68-6)28-24-43)44-25-29-46(69-7)30-26-44/h8-14,17-30,35,39-40,51-52,54H,15-16,31,33-34,36-38H2,1-7H3,(H,61,67)(H,62,65,66). The lowest BCUT2D eigenvalue weighted by molar-refractivity contribution is -0.210. The number of nitriles is 1.